The predicted molar refractivity (Wildman–Crippen MR) is 123 cm³/mol. The van der Waals surface area contributed by atoms with E-state index in [9.17, 15) is 9.59 Å². The van der Waals surface area contributed by atoms with Crippen LogP contribution in [0.5, 0.6) is 11.5 Å². The van der Waals surface area contributed by atoms with E-state index in [-0.39, 0.29) is 11.8 Å². The number of rotatable bonds is 8. The van der Waals surface area contributed by atoms with Crippen LogP contribution >= 0.6 is 0 Å². The highest BCUT2D eigenvalue weighted by Crippen LogP contribution is 2.12. The normalized spacial score (nSPS) is 10.8. The van der Waals surface area contributed by atoms with Crippen LogP contribution in [-0.2, 0) is 0 Å². The summed E-state index contributed by atoms with van der Waals surface area (Å²) < 4.78 is 10.1. The third-order valence-corrected chi connectivity index (χ3v) is 4.40. The van der Waals surface area contributed by atoms with E-state index in [0.29, 0.717) is 22.6 Å². The van der Waals surface area contributed by atoms with Crippen molar-refractivity contribution in [3.8, 4) is 11.5 Å². The zero-order chi connectivity index (χ0) is 22.8. The first-order chi connectivity index (χ1) is 15.6. The Labute approximate surface area is 185 Å². The Hall–Kier alpha value is -4.46. The second-order valence-electron chi connectivity index (χ2n) is 6.52. The first kappa shape index (κ1) is 22.2. The summed E-state index contributed by atoms with van der Waals surface area (Å²) in [5.74, 6) is 0.712. The van der Waals surface area contributed by atoms with Gasteiger partial charge in [0.25, 0.3) is 11.8 Å². The lowest BCUT2D eigenvalue weighted by Crippen LogP contribution is -2.17. The minimum absolute atomic E-state index is 0.319. The summed E-state index contributed by atoms with van der Waals surface area (Å²) in [6, 6.07) is 20.7. The zero-order valence-electron chi connectivity index (χ0n) is 17.6. The average Bonchev–Trinajstić information content (AvgIpc) is 2.85. The number of hydrazone groups is 2. The molecule has 0 heterocycles. The molecule has 8 heteroatoms. The Morgan fingerprint density at radius 1 is 0.625 bits per heavy atom. The first-order valence-corrected chi connectivity index (χ1v) is 9.64. The Bertz CT molecular complexity index is 1020. The van der Waals surface area contributed by atoms with Crippen LogP contribution in [0.4, 0.5) is 0 Å². The molecule has 32 heavy (non-hydrogen) atoms. The van der Waals surface area contributed by atoms with Gasteiger partial charge in [-0.25, -0.2) is 10.9 Å². The molecule has 162 valence electrons. The van der Waals surface area contributed by atoms with Gasteiger partial charge in [0.15, 0.2) is 0 Å². The van der Waals surface area contributed by atoms with E-state index in [2.05, 4.69) is 21.1 Å². The number of methoxy groups -OCH3 is 2. The van der Waals surface area contributed by atoms with Gasteiger partial charge in [-0.15, -0.1) is 0 Å². The largest absolute Gasteiger partial charge is 0.497 e. The standard InChI is InChI=1S/C24H22N4O4/c1-31-21-11-7-19(8-12-21)23(29)27-25-15-17-3-5-18(6-4-17)16-26-28-24(30)20-9-13-22(32-2)14-10-20/h3-16H,1-2H3,(H,27,29)(H,28,30)/b25-15-,26-16-. The number of carbonyl (C=O) groups is 2. The fraction of sp³-hybridized carbons (Fsp3) is 0.0833. The highest BCUT2D eigenvalue weighted by Gasteiger charge is 2.04. The van der Waals surface area contributed by atoms with Gasteiger partial charge in [-0.1, -0.05) is 24.3 Å². The highest BCUT2D eigenvalue weighted by atomic mass is 16.5. The number of benzene rings is 3. The van der Waals surface area contributed by atoms with Crippen LogP contribution in [0.25, 0.3) is 0 Å². The third-order valence-electron chi connectivity index (χ3n) is 4.40. The smallest absolute Gasteiger partial charge is 0.271 e. The molecule has 0 aliphatic carbocycles. The molecule has 0 saturated heterocycles. The molecular formula is C24H22N4O4. The number of carbonyl (C=O) groups excluding carboxylic acids is 2. The van der Waals surface area contributed by atoms with Gasteiger partial charge in [0, 0.05) is 11.1 Å². The van der Waals surface area contributed by atoms with E-state index in [1.807, 2.05) is 24.3 Å². The molecular weight excluding hydrogens is 408 g/mol. The van der Waals surface area contributed by atoms with Crippen molar-refractivity contribution >= 4 is 24.2 Å². The van der Waals surface area contributed by atoms with Crippen molar-refractivity contribution in [1.29, 1.82) is 0 Å². The molecule has 0 aliphatic rings. The van der Waals surface area contributed by atoms with E-state index >= 15 is 0 Å². The van der Waals surface area contributed by atoms with Gasteiger partial charge in [0.2, 0.25) is 0 Å². The summed E-state index contributed by atoms with van der Waals surface area (Å²) in [5.41, 5.74) is 7.49. The molecule has 0 spiro atoms. The molecule has 3 rings (SSSR count). The zero-order valence-corrected chi connectivity index (χ0v) is 17.6. The first-order valence-electron chi connectivity index (χ1n) is 9.64. The maximum Gasteiger partial charge on any atom is 0.271 e. The molecule has 0 radical (unpaired) electrons. The van der Waals surface area contributed by atoms with Crippen LogP contribution < -0.4 is 20.3 Å². The Morgan fingerprint density at radius 3 is 1.28 bits per heavy atom. The summed E-state index contributed by atoms with van der Waals surface area (Å²) in [7, 11) is 3.13. The molecule has 0 unspecified atom stereocenters. The van der Waals surface area contributed by atoms with Gasteiger partial charge in [0.1, 0.15) is 11.5 Å². The molecule has 2 amide bonds. The van der Waals surface area contributed by atoms with Crippen LogP contribution in [0, 0.1) is 0 Å². The highest BCUT2D eigenvalue weighted by molar-refractivity contribution is 5.95. The molecule has 2 N–H and O–H groups in total. The second-order valence-corrected chi connectivity index (χ2v) is 6.52. The summed E-state index contributed by atoms with van der Waals surface area (Å²) in [4.78, 5) is 24.1. The Morgan fingerprint density at radius 2 is 0.969 bits per heavy atom. The van der Waals surface area contributed by atoms with Crippen LogP contribution in [0.3, 0.4) is 0 Å². The van der Waals surface area contributed by atoms with Crippen LogP contribution in [0.1, 0.15) is 31.8 Å². The van der Waals surface area contributed by atoms with Crippen molar-refractivity contribution in [2.75, 3.05) is 14.2 Å². The molecule has 0 aliphatic heterocycles. The average molecular weight is 430 g/mol. The molecule has 0 bridgehead atoms. The van der Waals surface area contributed by atoms with Gasteiger partial charge in [-0.2, -0.15) is 10.2 Å². The number of hydrogen-bond donors (Lipinski definition) is 2. The van der Waals surface area contributed by atoms with Gasteiger partial charge >= 0.3 is 0 Å². The van der Waals surface area contributed by atoms with E-state index in [1.165, 1.54) is 12.4 Å². The summed E-state index contributed by atoms with van der Waals surface area (Å²) >= 11 is 0. The van der Waals surface area contributed by atoms with E-state index < -0.39 is 0 Å². The molecule has 0 aromatic heterocycles. The summed E-state index contributed by atoms with van der Waals surface area (Å²) in [6.07, 6.45) is 3.07. The summed E-state index contributed by atoms with van der Waals surface area (Å²) in [5, 5.41) is 7.93. The van der Waals surface area contributed by atoms with E-state index in [1.54, 1.807) is 62.8 Å². The van der Waals surface area contributed by atoms with Gasteiger partial charge < -0.3 is 9.47 Å². The maximum atomic E-state index is 12.1. The molecule has 0 fully saturated rings. The van der Waals surface area contributed by atoms with Gasteiger partial charge in [0.05, 0.1) is 26.6 Å². The molecule has 3 aromatic rings. The Kier molecular flexibility index (Phi) is 7.69. The van der Waals surface area contributed by atoms with Gasteiger partial charge in [-0.3, -0.25) is 9.59 Å². The fourth-order valence-corrected chi connectivity index (χ4v) is 2.61. The topological polar surface area (TPSA) is 101 Å². The van der Waals surface area contributed by atoms with Crippen molar-refractivity contribution in [2.24, 2.45) is 10.2 Å². The van der Waals surface area contributed by atoms with Crippen LogP contribution in [0.2, 0.25) is 0 Å². The lowest BCUT2D eigenvalue weighted by Gasteiger charge is -2.02. The number of nitrogens with one attached hydrogen (secondary N) is 2. The van der Waals surface area contributed by atoms with Crippen molar-refractivity contribution < 1.29 is 19.1 Å². The molecule has 0 atom stereocenters. The fourth-order valence-electron chi connectivity index (χ4n) is 2.61. The monoisotopic (exact) mass is 430 g/mol. The third kappa shape index (κ3) is 6.27. The minimum atomic E-state index is -0.319. The number of ether oxygens (including phenoxy) is 2. The van der Waals surface area contributed by atoms with E-state index in [0.717, 1.165) is 11.1 Å². The lowest BCUT2D eigenvalue weighted by molar-refractivity contribution is 0.0947. The lowest BCUT2D eigenvalue weighted by atomic mass is 10.2. The maximum absolute atomic E-state index is 12.1. The number of hydrogen-bond acceptors (Lipinski definition) is 6. The quantitative estimate of drug-likeness (QED) is 0.423. The number of amides is 2. The summed E-state index contributed by atoms with van der Waals surface area (Å²) in [6.45, 7) is 0. The minimum Gasteiger partial charge on any atom is -0.497 e. The second kappa shape index (κ2) is 11.1. The van der Waals surface area contributed by atoms with Crippen molar-refractivity contribution in [3.63, 3.8) is 0 Å². The molecule has 8 nitrogen and oxygen atoms in total. The van der Waals surface area contributed by atoms with E-state index in [4.69, 9.17) is 9.47 Å². The van der Waals surface area contributed by atoms with Crippen LogP contribution in [0.15, 0.2) is 83.0 Å². The Balaban J connectivity index is 1.49. The van der Waals surface area contributed by atoms with Crippen molar-refractivity contribution in [1.82, 2.24) is 10.9 Å². The number of nitrogens with zero attached hydrogens (tertiary/aromatic N) is 2. The SMILES string of the molecule is COc1ccc(C(=O)N/N=C\c2ccc(/C=N\NC(=O)c3ccc(OC)cc3)cc2)cc1. The van der Waals surface area contributed by atoms with Gasteiger partial charge in [-0.05, 0) is 59.7 Å². The van der Waals surface area contributed by atoms with Crippen LogP contribution in [-0.4, -0.2) is 38.5 Å². The predicted octanol–water partition coefficient (Wildman–Crippen LogP) is 3.23. The van der Waals surface area contributed by atoms with Crippen molar-refractivity contribution in [3.05, 3.63) is 95.1 Å². The molecule has 3 aromatic carbocycles. The molecule has 0 saturated carbocycles. The van der Waals surface area contributed by atoms with Crippen molar-refractivity contribution in [2.45, 2.75) is 0 Å².